The molecule has 0 aromatic heterocycles. The smallest absolute Gasteiger partial charge is 0.174 e. The highest BCUT2D eigenvalue weighted by Crippen LogP contribution is 2.76. The third kappa shape index (κ3) is 1.25. The fourth-order valence-electron chi connectivity index (χ4n) is 4.49. The van der Waals surface area contributed by atoms with E-state index in [1.807, 2.05) is 0 Å². The highest BCUT2D eigenvalue weighted by molar-refractivity contribution is 5.28. The van der Waals surface area contributed by atoms with Gasteiger partial charge in [-0.3, -0.25) is 0 Å². The lowest BCUT2D eigenvalue weighted by Gasteiger charge is -2.40. The topological polar surface area (TPSA) is 49.7 Å². The molecule has 3 aliphatic carbocycles. The molecule has 0 amide bonds. The molecule has 3 rings (SSSR count). The molecule has 2 N–H and O–H groups in total. The lowest BCUT2D eigenvalue weighted by atomic mass is 9.74. The first-order chi connectivity index (χ1) is 7.43. The third-order valence-corrected chi connectivity index (χ3v) is 4.80. The van der Waals surface area contributed by atoms with E-state index >= 15 is 0 Å². The van der Waals surface area contributed by atoms with E-state index in [1.54, 1.807) is 0 Å². The molecular formula is C13H20O3. The number of aliphatic hydroxyl groups excluding tert-OH is 1. The van der Waals surface area contributed by atoms with E-state index < -0.39 is 11.9 Å². The summed E-state index contributed by atoms with van der Waals surface area (Å²) in [5.74, 6) is 0.572. The first-order valence-electron chi connectivity index (χ1n) is 6.14. The van der Waals surface area contributed by atoms with E-state index in [9.17, 15) is 10.2 Å². The van der Waals surface area contributed by atoms with Gasteiger partial charge in [0, 0.05) is 11.8 Å². The quantitative estimate of drug-likeness (QED) is 0.565. The summed E-state index contributed by atoms with van der Waals surface area (Å²) in [5, 5.41) is 20.0. The van der Waals surface area contributed by atoms with Crippen molar-refractivity contribution in [3.63, 3.8) is 0 Å². The summed E-state index contributed by atoms with van der Waals surface area (Å²) in [7, 11) is 0. The molecule has 1 spiro atoms. The minimum Gasteiger partial charge on any atom is -0.389 e. The highest BCUT2D eigenvalue weighted by Gasteiger charge is 2.77. The second-order valence-electron chi connectivity index (χ2n) is 6.28. The van der Waals surface area contributed by atoms with E-state index in [0.29, 0.717) is 12.3 Å². The Balaban J connectivity index is 1.84. The van der Waals surface area contributed by atoms with Crippen molar-refractivity contribution in [1.82, 2.24) is 0 Å². The van der Waals surface area contributed by atoms with Crippen LogP contribution in [0.2, 0.25) is 0 Å². The number of aliphatic hydroxyl groups is 2. The Hall–Kier alpha value is -0.380. The third-order valence-electron chi connectivity index (χ3n) is 4.80. The lowest BCUT2D eigenvalue weighted by molar-refractivity contribution is -0.181. The normalized spacial score (nSPS) is 55.6. The van der Waals surface area contributed by atoms with Crippen molar-refractivity contribution < 1.29 is 14.9 Å². The first kappa shape index (κ1) is 10.8. The molecule has 3 heteroatoms. The zero-order valence-corrected chi connectivity index (χ0v) is 9.78. The monoisotopic (exact) mass is 224 g/mol. The van der Waals surface area contributed by atoms with Gasteiger partial charge in [0.1, 0.15) is 0 Å². The van der Waals surface area contributed by atoms with Gasteiger partial charge in [0.05, 0.1) is 11.2 Å². The zero-order valence-electron chi connectivity index (χ0n) is 9.78. The maximum absolute atomic E-state index is 10.4. The Labute approximate surface area is 96.1 Å². The second kappa shape index (κ2) is 2.89. The molecule has 5 atom stereocenters. The molecule has 0 heterocycles. The average molecular weight is 224 g/mol. The summed E-state index contributed by atoms with van der Waals surface area (Å²) in [6, 6.07) is 0. The predicted octanol–water partition coefficient (Wildman–Crippen LogP) is 1.59. The number of ether oxygens (including phenoxy) is 1. The molecule has 0 aromatic rings. The molecule has 2 bridgehead atoms. The van der Waals surface area contributed by atoms with Crippen molar-refractivity contribution in [2.75, 3.05) is 0 Å². The molecule has 90 valence electrons. The Bertz CT molecular complexity index is 338. The summed E-state index contributed by atoms with van der Waals surface area (Å²) in [4.78, 5) is 0. The van der Waals surface area contributed by atoms with E-state index in [0.717, 1.165) is 25.7 Å². The maximum atomic E-state index is 10.4. The Morgan fingerprint density at radius 2 is 2.12 bits per heavy atom. The van der Waals surface area contributed by atoms with Crippen LogP contribution in [0.25, 0.3) is 0 Å². The summed E-state index contributed by atoms with van der Waals surface area (Å²) in [6.45, 7) is 5.74. The van der Waals surface area contributed by atoms with Gasteiger partial charge in [0.15, 0.2) is 6.29 Å². The molecule has 0 radical (unpaired) electrons. The van der Waals surface area contributed by atoms with Crippen LogP contribution in [0.3, 0.4) is 0 Å². The van der Waals surface area contributed by atoms with Crippen LogP contribution in [-0.4, -0.2) is 27.7 Å². The summed E-state index contributed by atoms with van der Waals surface area (Å²) < 4.78 is 5.73. The summed E-state index contributed by atoms with van der Waals surface area (Å²) >= 11 is 0. The maximum Gasteiger partial charge on any atom is 0.174 e. The standard InChI is InChI=1S/C13H20O3/c1-3-10(14)16-12-5-9(2)4-11(6-12)7-13(11,15)8-12/h3,9-10,14-15H,1,4-8H2,2H3. The van der Waals surface area contributed by atoms with Crippen molar-refractivity contribution >= 4 is 0 Å². The van der Waals surface area contributed by atoms with Gasteiger partial charge >= 0.3 is 0 Å². The van der Waals surface area contributed by atoms with Crippen LogP contribution in [0.5, 0.6) is 0 Å². The summed E-state index contributed by atoms with van der Waals surface area (Å²) in [6.07, 6.45) is 5.10. The molecular weight excluding hydrogens is 204 g/mol. The SMILES string of the molecule is C=CC(O)OC12CC(C)CC3(C1)CC3(O)C2. The van der Waals surface area contributed by atoms with Crippen LogP contribution in [0.4, 0.5) is 0 Å². The predicted molar refractivity (Wildman–Crippen MR) is 59.7 cm³/mol. The number of fused-ring (bicyclic) bond motifs is 1. The fraction of sp³-hybridized carbons (Fsp3) is 0.846. The minimum absolute atomic E-state index is 0.103. The minimum atomic E-state index is -0.900. The van der Waals surface area contributed by atoms with E-state index in [1.165, 1.54) is 6.08 Å². The number of hydrogen-bond acceptors (Lipinski definition) is 3. The van der Waals surface area contributed by atoms with Gasteiger partial charge < -0.3 is 14.9 Å². The van der Waals surface area contributed by atoms with Gasteiger partial charge in [-0.15, -0.1) is 0 Å². The van der Waals surface area contributed by atoms with Crippen LogP contribution in [-0.2, 0) is 4.74 Å². The van der Waals surface area contributed by atoms with Crippen molar-refractivity contribution in [2.24, 2.45) is 11.3 Å². The molecule has 3 nitrogen and oxygen atoms in total. The van der Waals surface area contributed by atoms with Crippen molar-refractivity contribution in [2.45, 2.75) is 56.5 Å². The Kier molecular flexibility index (Phi) is 1.94. The molecule has 3 aliphatic rings. The van der Waals surface area contributed by atoms with Crippen LogP contribution in [0, 0.1) is 11.3 Å². The molecule has 3 saturated carbocycles. The molecule has 0 saturated heterocycles. The van der Waals surface area contributed by atoms with Crippen LogP contribution in [0.15, 0.2) is 12.7 Å². The zero-order chi connectivity index (χ0) is 11.6. The lowest BCUT2D eigenvalue weighted by Crippen LogP contribution is -2.40. The van der Waals surface area contributed by atoms with E-state index in [2.05, 4.69) is 13.5 Å². The first-order valence-corrected chi connectivity index (χ1v) is 6.14. The van der Waals surface area contributed by atoms with Gasteiger partial charge in [-0.2, -0.15) is 0 Å². The average Bonchev–Trinajstić information content (AvgIpc) is 2.58. The van der Waals surface area contributed by atoms with Crippen molar-refractivity contribution in [3.8, 4) is 0 Å². The van der Waals surface area contributed by atoms with Crippen LogP contribution in [0.1, 0.15) is 39.0 Å². The van der Waals surface area contributed by atoms with Gasteiger partial charge in [-0.05, 0) is 37.7 Å². The van der Waals surface area contributed by atoms with Gasteiger partial charge in [-0.1, -0.05) is 13.5 Å². The number of hydrogen-bond donors (Lipinski definition) is 2. The van der Waals surface area contributed by atoms with Crippen LogP contribution < -0.4 is 0 Å². The van der Waals surface area contributed by atoms with Gasteiger partial charge in [0.25, 0.3) is 0 Å². The molecule has 0 aromatic carbocycles. The summed E-state index contributed by atoms with van der Waals surface area (Å²) in [5.41, 5.74) is -0.706. The fourth-order valence-corrected chi connectivity index (χ4v) is 4.49. The van der Waals surface area contributed by atoms with E-state index in [-0.39, 0.29) is 11.0 Å². The Morgan fingerprint density at radius 1 is 1.38 bits per heavy atom. The van der Waals surface area contributed by atoms with Crippen molar-refractivity contribution in [3.05, 3.63) is 12.7 Å². The molecule has 5 unspecified atom stereocenters. The largest absolute Gasteiger partial charge is 0.389 e. The van der Waals surface area contributed by atoms with E-state index in [4.69, 9.17) is 4.74 Å². The van der Waals surface area contributed by atoms with Crippen LogP contribution >= 0.6 is 0 Å². The highest BCUT2D eigenvalue weighted by atomic mass is 16.6. The molecule has 0 aliphatic heterocycles. The van der Waals surface area contributed by atoms with Gasteiger partial charge in [-0.25, -0.2) is 0 Å². The number of rotatable bonds is 3. The molecule has 16 heavy (non-hydrogen) atoms. The van der Waals surface area contributed by atoms with Crippen molar-refractivity contribution in [1.29, 1.82) is 0 Å². The molecule has 3 fully saturated rings. The second-order valence-corrected chi connectivity index (χ2v) is 6.28. The Morgan fingerprint density at radius 3 is 2.81 bits per heavy atom. The van der Waals surface area contributed by atoms with Gasteiger partial charge in [0.2, 0.25) is 0 Å².